The van der Waals surface area contributed by atoms with E-state index in [0.717, 1.165) is 32.8 Å². The van der Waals surface area contributed by atoms with E-state index in [2.05, 4.69) is 55.4 Å². The summed E-state index contributed by atoms with van der Waals surface area (Å²) in [6.45, 7) is 9.42. The van der Waals surface area contributed by atoms with Crippen molar-refractivity contribution in [2.75, 3.05) is 33.4 Å². The predicted molar refractivity (Wildman–Crippen MR) is 88.5 cm³/mol. The Balaban J connectivity index is 1.88. The first-order chi connectivity index (χ1) is 10.2. The Bertz CT molecular complexity index is 415. The molecule has 0 aliphatic carbocycles. The number of benzene rings is 1. The monoisotopic (exact) mass is 290 g/mol. The molecule has 3 nitrogen and oxygen atoms in total. The highest BCUT2D eigenvalue weighted by Gasteiger charge is 2.26. The lowest BCUT2D eigenvalue weighted by molar-refractivity contribution is 0.165. The number of rotatable bonds is 8. The topological polar surface area (TPSA) is 24.5 Å². The molecule has 2 unspecified atom stereocenters. The van der Waals surface area contributed by atoms with E-state index in [1.54, 1.807) is 0 Å². The molecule has 0 bridgehead atoms. The summed E-state index contributed by atoms with van der Waals surface area (Å²) in [5.74, 6) is 0.663. The summed E-state index contributed by atoms with van der Waals surface area (Å²) in [5, 5.41) is 3.72. The van der Waals surface area contributed by atoms with Crippen LogP contribution in [0.4, 0.5) is 0 Å². The van der Waals surface area contributed by atoms with Gasteiger partial charge in [0.1, 0.15) is 0 Å². The van der Waals surface area contributed by atoms with E-state index in [-0.39, 0.29) is 0 Å². The Kier molecular flexibility index (Phi) is 6.68. The SMILES string of the molecule is CCCNC(CN(C)Cc1cccc(C)c1)C1CCOC1. The minimum Gasteiger partial charge on any atom is -0.381 e. The van der Waals surface area contributed by atoms with Crippen LogP contribution in [0.5, 0.6) is 0 Å². The van der Waals surface area contributed by atoms with Crippen molar-refractivity contribution in [3.8, 4) is 0 Å². The molecular formula is C18H30N2O. The molecule has 0 radical (unpaired) electrons. The number of nitrogens with zero attached hydrogens (tertiary/aromatic N) is 1. The van der Waals surface area contributed by atoms with Gasteiger partial charge in [-0.05, 0) is 38.9 Å². The predicted octanol–water partition coefficient (Wildman–Crippen LogP) is 2.83. The molecule has 1 aromatic carbocycles. The molecule has 118 valence electrons. The normalized spacial score (nSPS) is 20.1. The fourth-order valence-electron chi connectivity index (χ4n) is 3.10. The van der Waals surface area contributed by atoms with Gasteiger partial charge in [0.25, 0.3) is 0 Å². The summed E-state index contributed by atoms with van der Waals surface area (Å²) in [4.78, 5) is 2.43. The maximum absolute atomic E-state index is 5.58. The van der Waals surface area contributed by atoms with Crippen LogP contribution in [0.15, 0.2) is 24.3 Å². The van der Waals surface area contributed by atoms with Crippen LogP contribution in [0.3, 0.4) is 0 Å². The van der Waals surface area contributed by atoms with Crippen LogP contribution in [0.25, 0.3) is 0 Å². The number of ether oxygens (including phenoxy) is 1. The molecule has 1 heterocycles. The Hall–Kier alpha value is -0.900. The lowest BCUT2D eigenvalue weighted by Crippen LogP contribution is -2.45. The van der Waals surface area contributed by atoms with Crippen LogP contribution in [0.2, 0.25) is 0 Å². The van der Waals surface area contributed by atoms with Crippen LogP contribution < -0.4 is 5.32 Å². The van der Waals surface area contributed by atoms with Gasteiger partial charge >= 0.3 is 0 Å². The van der Waals surface area contributed by atoms with Crippen molar-refractivity contribution in [3.63, 3.8) is 0 Å². The van der Waals surface area contributed by atoms with Gasteiger partial charge in [-0.3, -0.25) is 0 Å². The van der Waals surface area contributed by atoms with E-state index in [1.807, 2.05) is 0 Å². The Morgan fingerprint density at radius 1 is 1.43 bits per heavy atom. The van der Waals surface area contributed by atoms with E-state index in [0.29, 0.717) is 12.0 Å². The zero-order valence-electron chi connectivity index (χ0n) is 13.8. The van der Waals surface area contributed by atoms with E-state index in [1.165, 1.54) is 24.0 Å². The van der Waals surface area contributed by atoms with Crippen molar-refractivity contribution in [2.24, 2.45) is 5.92 Å². The molecule has 2 rings (SSSR count). The average Bonchev–Trinajstić information content (AvgIpc) is 2.97. The maximum Gasteiger partial charge on any atom is 0.0510 e. The maximum atomic E-state index is 5.58. The molecule has 1 aromatic rings. The molecule has 0 spiro atoms. The summed E-state index contributed by atoms with van der Waals surface area (Å²) in [5.41, 5.74) is 2.74. The Labute approximate surface area is 129 Å². The number of aryl methyl sites for hydroxylation is 1. The molecule has 1 aliphatic heterocycles. The summed E-state index contributed by atoms with van der Waals surface area (Å²) in [7, 11) is 2.22. The summed E-state index contributed by atoms with van der Waals surface area (Å²) < 4.78 is 5.58. The van der Waals surface area contributed by atoms with Gasteiger partial charge < -0.3 is 15.0 Å². The number of hydrogen-bond donors (Lipinski definition) is 1. The highest BCUT2D eigenvalue weighted by Crippen LogP contribution is 2.18. The zero-order chi connectivity index (χ0) is 15.1. The number of hydrogen-bond acceptors (Lipinski definition) is 3. The second kappa shape index (κ2) is 8.52. The van der Waals surface area contributed by atoms with Crippen LogP contribution in [-0.4, -0.2) is 44.3 Å². The van der Waals surface area contributed by atoms with Crippen LogP contribution in [0, 0.1) is 12.8 Å². The molecule has 3 heteroatoms. The first kappa shape index (κ1) is 16.5. The van der Waals surface area contributed by atoms with Gasteiger partial charge in [-0.15, -0.1) is 0 Å². The van der Waals surface area contributed by atoms with E-state index < -0.39 is 0 Å². The van der Waals surface area contributed by atoms with Gasteiger partial charge in [0, 0.05) is 31.7 Å². The lowest BCUT2D eigenvalue weighted by Gasteiger charge is -2.29. The van der Waals surface area contributed by atoms with Gasteiger partial charge in [-0.2, -0.15) is 0 Å². The second-order valence-corrected chi connectivity index (χ2v) is 6.37. The van der Waals surface area contributed by atoms with Crippen LogP contribution in [-0.2, 0) is 11.3 Å². The van der Waals surface area contributed by atoms with Gasteiger partial charge in [0.05, 0.1) is 6.61 Å². The number of likely N-dealkylation sites (N-methyl/N-ethyl adjacent to an activating group) is 1. The highest BCUT2D eigenvalue weighted by molar-refractivity contribution is 5.22. The standard InChI is InChI=1S/C18H30N2O/c1-4-9-19-18(17-8-10-21-14-17)13-20(3)12-16-7-5-6-15(2)11-16/h5-7,11,17-19H,4,8-10,12-14H2,1-3H3. The Morgan fingerprint density at radius 3 is 2.95 bits per heavy atom. The average molecular weight is 290 g/mol. The Morgan fingerprint density at radius 2 is 2.29 bits per heavy atom. The molecule has 21 heavy (non-hydrogen) atoms. The zero-order valence-corrected chi connectivity index (χ0v) is 13.8. The van der Waals surface area contributed by atoms with Gasteiger partial charge in [-0.1, -0.05) is 36.8 Å². The minimum absolute atomic E-state index is 0.544. The van der Waals surface area contributed by atoms with E-state index >= 15 is 0 Å². The molecule has 2 atom stereocenters. The second-order valence-electron chi connectivity index (χ2n) is 6.37. The lowest BCUT2D eigenvalue weighted by atomic mass is 9.98. The highest BCUT2D eigenvalue weighted by atomic mass is 16.5. The van der Waals surface area contributed by atoms with Crippen molar-refractivity contribution < 1.29 is 4.74 Å². The summed E-state index contributed by atoms with van der Waals surface area (Å²) >= 11 is 0. The third-order valence-corrected chi connectivity index (χ3v) is 4.23. The van der Waals surface area contributed by atoms with E-state index in [4.69, 9.17) is 4.74 Å². The summed E-state index contributed by atoms with van der Waals surface area (Å²) in [6.07, 6.45) is 2.38. The van der Waals surface area contributed by atoms with E-state index in [9.17, 15) is 0 Å². The first-order valence-corrected chi connectivity index (χ1v) is 8.24. The third-order valence-electron chi connectivity index (χ3n) is 4.23. The van der Waals surface area contributed by atoms with Gasteiger partial charge in [0.2, 0.25) is 0 Å². The van der Waals surface area contributed by atoms with Crippen molar-refractivity contribution in [3.05, 3.63) is 35.4 Å². The van der Waals surface area contributed by atoms with Crippen molar-refractivity contribution in [1.29, 1.82) is 0 Å². The molecule has 1 aliphatic rings. The molecule has 1 N–H and O–H groups in total. The molecule has 0 saturated carbocycles. The fraction of sp³-hybridized carbons (Fsp3) is 0.667. The molecule has 0 aromatic heterocycles. The first-order valence-electron chi connectivity index (χ1n) is 8.24. The molecular weight excluding hydrogens is 260 g/mol. The van der Waals surface area contributed by atoms with Crippen molar-refractivity contribution >= 4 is 0 Å². The van der Waals surface area contributed by atoms with Crippen molar-refractivity contribution in [1.82, 2.24) is 10.2 Å². The smallest absolute Gasteiger partial charge is 0.0510 e. The quantitative estimate of drug-likeness (QED) is 0.797. The van der Waals surface area contributed by atoms with Crippen LogP contribution >= 0.6 is 0 Å². The van der Waals surface area contributed by atoms with Crippen LogP contribution in [0.1, 0.15) is 30.9 Å². The third kappa shape index (κ3) is 5.42. The fourth-order valence-corrected chi connectivity index (χ4v) is 3.10. The number of nitrogens with one attached hydrogen (secondary N) is 1. The largest absolute Gasteiger partial charge is 0.381 e. The van der Waals surface area contributed by atoms with Gasteiger partial charge in [0.15, 0.2) is 0 Å². The summed E-state index contributed by atoms with van der Waals surface area (Å²) in [6, 6.07) is 9.35. The van der Waals surface area contributed by atoms with Gasteiger partial charge in [-0.25, -0.2) is 0 Å². The molecule has 1 saturated heterocycles. The molecule has 0 amide bonds. The van der Waals surface area contributed by atoms with Crippen molar-refractivity contribution in [2.45, 2.75) is 39.3 Å². The molecule has 1 fully saturated rings. The minimum atomic E-state index is 0.544.